The van der Waals surface area contributed by atoms with Gasteiger partial charge in [-0.1, -0.05) is 47.6 Å². The van der Waals surface area contributed by atoms with Crippen molar-refractivity contribution >= 4 is 11.5 Å². The Morgan fingerprint density at radius 1 is 1.31 bits per heavy atom. The van der Waals surface area contributed by atoms with Crippen molar-refractivity contribution in [1.29, 1.82) is 0 Å². The molecule has 0 radical (unpaired) electrons. The molecular weight excluding hydrogens is 322 g/mol. The van der Waals surface area contributed by atoms with E-state index in [9.17, 15) is 9.90 Å². The molecule has 0 saturated heterocycles. The van der Waals surface area contributed by atoms with E-state index in [4.69, 9.17) is 0 Å². The summed E-state index contributed by atoms with van der Waals surface area (Å²) in [7, 11) is 0. The van der Waals surface area contributed by atoms with Crippen LogP contribution in [0, 0.1) is 6.92 Å². The number of nitrogens with one attached hydrogen (secondary N) is 1. The molecule has 0 bridgehead atoms. The van der Waals surface area contributed by atoms with E-state index in [1.54, 1.807) is 0 Å². The quantitative estimate of drug-likeness (QED) is 0.362. The molecule has 1 amide bonds. The fraction of sp³-hybridized carbons (Fsp3) is 0.435. The van der Waals surface area contributed by atoms with Crippen LogP contribution >= 0.6 is 0 Å². The lowest BCUT2D eigenvalue weighted by Gasteiger charge is -2.11. The van der Waals surface area contributed by atoms with E-state index in [2.05, 4.69) is 63.0 Å². The smallest absolute Gasteiger partial charge is 0.216 e. The monoisotopic (exact) mass is 355 g/mol. The normalized spacial score (nSPS) is 13.4. The lowest BCUT2D eigenvalue weighted by atomic mass is 9.95. The molecule has 0 saturated carbocycles. The van der Waals surface area contributed by atoms with E-state index in [1.165, 1.54) is 34.8 Å². The molecule has 1 aromatic carbocycles. The molecule has 0 aliphatic carbocycles. The largest absolute Gasteiger partial charge is 0.391 e. The number of aliphatic hydroxyl groups is 1. The zero-order valence-corrected chi connectivity index (χ0v) is 16.6. The molecule has 0 aliphatic heterocycles. The molecule has 0 aliphatic rings. The first kappa shape index (κ1) is 21.9. The predicted molar refractivity (Wildman–Crippen MR) is 111 cm³/mol. The van der Waals surface area contributed by atoms with Gasteiger partial charge in [0.05, 0.1) is 6.10 Å². The number of allylic oxidation sites excluding steroid dienone is 5. The second kappa shape index (κ2) is 11.5. The lowest BCUT2D eigenvalue weighted by molar-refractivity contribution is -0.119. The molecule has 1 atom stereocenters. The molecule has 0 spiro atoms. The van der Waals surface area contributed by atoms with Gasteiger partial charge in [-0.2, -0.15) is 0 Å². The van der Waals surface area contributed by atoms with Gasteiger partial charge in [0.1, 0.15) is 0 Å². The van der Waals surface area contributed by atoms with Crippen LogP contribution in [0.2, 0.25) is 0 Å². The van der Waals surface area contributed by atoms with Crippen molar-refractivity contribution in [3.8, 4) is 0 Å². The molecular formula is C23H33NO2. The summed E-state index contributed by atoms with van der Waals surface area (Å²) >= 11 is 0. The number of hydrogen-bond donors (Lipinski definition) is 2. The van der Waals surface area contributed by atoms with Crippen LogP contribution in [-0.2, 0) is 11.2 Å². The van der Waals surface area contributed by atoms with E-state index in [0.717, 1.165) is 19.3 Å². The molecule has 1 rings (SSSR count). The van der Waals surface area contributed by atoms with Crippen LogP contribution in [-0.4, -0.2) is 23.7 Å². The molecule has 0 fully saturated rings. The van der Waals surface area contributed by atoms with Gasteiger partial charge in [-0.05, 0) is 63.2 Å². The van der Waals surface area contributed by atoms with E-state index >= 15 is 0 Å². The summed E-state index contributed by atoms with van der Waals surface area (Å²) < 4.78 is 0. The van der Waals surface area contributed by atoms with Gasteiger partial charge in [0.25, 0.3) is 0 Å². The second-order valence-corrected chi connectivity index (χ2v) is 6.95. The maximum Gasteiger partial charge on any atom is 0.216 e. The summed E-state index contributed by atoms with van der Waals surface area (Å²) in [5.74, 6) is -0.104. The SMILES string of the molecule is C=CCc1cc(C)ccc1C(C)=CC(C)=CCCCC(O)CNC(C)=O. The minimum absolute atomic E-state index is 0.104. The molecule has 1 aromatic rings. The van der Waals surface area contributed by atoms with Crippen LogP contribution in [0.25, 0.3) is 5.57 Å². The van der Waals surface area contributed by atoms with Crippen LogP contribution in [0.1, 0.15) is 56.7 Å². The number of unbranched alkanes of at least 4 members (excludes halogenated alkanes) is 1. The number of carbonyl (C=O) groups excluding carboxylic acids is 1. The van der Waals surface area contributed by atoms with E-state index in [0.29, 0.717) is 13.0 Å². The number of rotatable bonds is 10. The third kappa shape index (κ3) is 8.30. The van der Waals surface area contributed by atoms with Crippen molar-refractivity contribution in [2.75, 3.05) is 6.54 Å². The Labute approximate surface area is 158 Å². The number of carbonyl (C=O) groups is 1. The maximum absolute atomic E-state index is 10.8. The van der Waals surface area contributed by atoms with Crippen LogP contribution in [0.5, 0.6) is 0 Å². The van der Waals surface area contributed by atoms with Crippen LogP contribution in [0.3, 0.4) is 0 Å². The fourth-order valence-corrected chi connectivity index (χ4v) is 2.96. The molecule has 26 heavy (non-hydrogen) atoms. The Morgan fingerprint density at radius 3 is 2.69 bits per heavy atom. The number of hydrogen-bond acceptors (Lipinski definition) is 2. The van der Waals surface area contributed by atoms with Gasteiger partial charge in [0.2, 0.25) is 5.91 Å². The third-order valence-corrected chi connectivity index (χ3v) is 4.29. The Bertz CT molecular complexity index is 671. The molecule has 1 unspecified atom stereocenters. The van der Waals surface area contributed by atoms with Crippen molar-refractivity contribution in [1.82, 2.24) is 5.32 Å². The first-order chi connectivity index (χ1) is 12.3. The molecule has 0 aromatic heterocycles. The number of aryl methyl sites for hydroxylation is 1. The Kier molecular flexibility index (Phi) is 9.67. The summed E-state index contributed by atoms with van der Waals surface area (Å²) in [5, 5.41) is 12.4. The lowest BCUT2D eigenvalue weighted by Crippen LogP contribution is -2.30. The minimum Gasteiger partial charge on any atom is -0.391 e. The number of benzene rings is 1. The van der Waals surface area contributed by atoms with Crippen molar-refractivity contribution in [2.45, 2.75) is 59.5 Å². The topological polar surface area (TPSA) is 49.3 Å². The Hall–Kier alpha value is -2.13. The number of aliphatic hydroxyl groups excluding tert-OH is 1. The van der Waals surface area contributed by atoms with E-state index < -0.39 is 6.10 Å². The predicted octanol–water partition coefficient (Wildman–Crippen LogP) is 4.74. The molecule has 3 nitrogen and oxygen atoms in total. The average molecular weight is 356 g/mol. The van der Waals surface area contributed by atoms with Crippen molar-refractivity contribution in [2.24, 2.45) is 0 Å². The van der Waals surface area contributed by atoms with Gasteiger partial charge in [0, 0.05) is 13.5 Å². The highest BCUT2D eigenvalue weighted by Gasteiger charge is 2.05. The number of amides is 1. The maximum atomic E-state index is 10.8. The summed E-state index contributed by atoms with van der Waals surface area (Å²) in [6, 6.07) is 6.56. The summed E-state index contributed by atoms with van der Waals surface area (Å²) in [6.45, 7) is 12.0. The van der Waals surface area contributed by atoms with Crippen molar-refractivity contribution in [3.63, 3.8) is 0 Å². The van der Waals surface area contributed by atoms with Gasteiger partial charge in [0.15, 0.2) is 0 Å². The first-order valence-corrected chi connectivity index (χ1v) is 9.31. The average Bonchev–Trinajstić information content (AvgIpc) is 2.57. The van der Waals surface area contributed by atoms with Crippen LogP contribution in [0.4, 0.5) is 0 Å². The van der Waals surface area contributed by atoms with Gasteiger partial charge >= 0.3 is 0 Å². The Balaban J connectivity index is 2.61. The summed E-state index contributed by atoms with van der Waals surface area (Å²) in [6.07, 6.45) is 9.27. The fourth-order valence-electron chi connectivity index (χ4n) is 2.96. The van der Waals surface area contributed by atoms with Gasteiger partial charge in [-0.15, -0.1) is 6.58 Å². The highest BCUT2D eigenvalue weighted by Crippen LogP contribution is 2.23. The third-order valence-electron chi connectivity index (χ3n) is 4.29. The summed E-state index contributed by atoms with van der Waals surface area (Å²) in [5.41, 5.74) is 6.32. The van der Waals surface area contributed by atoms with Gasteiger partial charge in [-0.3, -0.25) is 4.79 Å². The zero-order valence-electron chi connectivity index (χ0n) is 16.6. The minimum atomic E-state index is -0.473. The standard InChI is InChI=1S/C23H33NO2/c1-6-9-21-15-18(3)12-13-23(21)19(4)14-17(2)10-7-8-11-22(26)16-24-20(5)25/h6,10,12-15,22,26H,1,7-9,11,16H2,2-5H3,(H,24,25). The van der Waals surface area contributed by atoms with Crippen molar-refractivity contribution in [3.05, 3.63) is 65.3 Å². The van der Waals surface area contributed by atoms with Gasteiger partial charge < -0.3 is 10.4 Å². The van der Waals surface area contributed by atoms with Crippen molar-refractivity contribution < 1.29 is 9.90 Å². The first-order valence-electron chi connectivity index (χ1n) is 9.31. The summed E-state index contributed by atoms with van der Waals surface area (Å²) in [4.78, 5) is 10.8. The molecule has 2 N–H and O–H groups in total. The molecule has 142 valence electrons. The zero-order chi connectivity index (χ0) is 19.5. The van der Waals surface area contributed by atoms with E-state index in [1.807, 2.05) is 6.08 Å². The molecule has 0 heterocycles. The molecule has 3 heteroatoms. The highest BCUT2D eigenvalue weighted by atomic mass is 16.3. The van der Waals surface area contributed by atoms with Crippen LogP contribution in [0.15, 0.2) is 48.6 Å². The van der Waals surface area contributed by atoms with Crippen LogP contribution < -0.4 is 5.32 Å². The second-order valence-electron chi connectivity index (χ2n) is 6.95. The highest BCUT2D eigenvalue weighted by molar-refractivity contribution is 5.72. The Morgan fingerprint density at radius 2 is 2.04 bits per heavy atom. The van der Waals surface area contributed by atoms with Gasteiger partial charge in [-0.25, -0.2) is 0 Å². The van der Waals surface area contributed by atoms with E-state index in [-0.39, 0.29) is 5.91 Å².